The minimum atomic E-state index is -0.720. The van der Waals surface area contributed by atoms with Crippen LogP contribution in [0.25, 0.3) is 22.6 Å². The second-order valence-electron chi connectivity index (χ2n) is 10.3. The summed E-state index contributed by atoms with van der Waals surface area (Å²) >= 11 is 0. The summed E-state index contributed by atoms with van der Waals surface area (Å²) in [6, 6.07) is 7.96. The van der Waals surface area contributed by atoms with Crippen molar-refractivity contribution in [2.24, 2.45) is 5.41 Å². The van der Waals surface area contributed by atoms with Crippen LogP contribution < -0.4 is 16.0 Å². The van der Waals surface area contributed by atoms with Crippen LogP contribution in [-0.4, -0.2) is 83.3 Å². The Morgan fingerprint density at radius 1 is 1.21 bits per heavy atom. The van der Waals surface area contributed by atoms with E-state index >= 15 is 0 Å². The van der Waals surface area contributed by atoms with E-state index in [2.05, 4.69) is 30.8 Å². The first-order valence-corrected chi connectivity index (χ1v) is 13.2. The summed E-state index contributed by atoms with van der Waals surface area (Å²) in [5.74, 6) is 0.581. The van der Waals surface area contributed by atoms with Gasteiger partial charge in [-0.25, -0.2) is 19.3 Å². The topological polar surface area (TPSA) is 129 Å². The molecule has 11 nitrogen and oxygen atoms in total. The molecule has 12 heteroatoms. The van der Waals surface area contributed by atoms with E-state index in [9.17, 15) is 9.18 Å². The Bertz CT molecular complexity index is 1250. The number of hydrogen-bond acceptors (Lipinski definition) is 9. The maximum Gasteiger partial charge on any atom is 0.223 e. The van der Waals surface area contributed by atoms with E-state index in [1.807, 2.05) is 6.92 Å². The Morgan fingerprint density at radius 3 is 2.72 bits per heavy atom. The molecule has 4 heterocycles. The molecule has 39 heavy (non-hydrogen) atoms. The lowest BCUT2D eigenvalue weighted by Gasteiger charge is -2.36. The summed E-state index contributed by atoms with van der Waals surface area (Å²) in [4.78, 5) is 30.9. The first-order chi connectivity index (χ1) is 18.9. The van der Waals surface area contributed by atoms with Gasteiger partial charge in [0.15, 0.2) is 5.82 Å². The van der Waals surface area contributed by atoms with Crippen molar-refractivity contribution < 1.29 is 18.7 Å². The Hall–Kier alpha value is -3.45. The van der Waals surface area contributed by atoms with E-state index < -0.39 is 6.29 Å². The Kier molecular flexibility index (Phi) is 8.46. The fourth-order valence-electron chi connectivity index (χ4n) is 4.58. The molecule has 1 amide bonds. The van der Waals surface area contributed by atoms with Crippen LogP contribution in [0.15, 0.2) is 36.5 Å². The van der Waals surface area contributed by atoms with Crippen molar-refractivity contribution in [1.29, 1.82) is 0 Å². The highest BCUT2D eigenvalue weighted by Gasteiger charge is 2.35. The van der Waals surface area contributed by atoms with Gasteiger partial charge in [-0.1, -0.05) is 6.92 Å². The Labute approximate surface area is 226 Å². The lowest BCUT2D eigenvalue weighted by Crippen LogP contribution is -2.45. The van der Waals surface area contributed by atoms with Crippen molar-refractivity contribution in [3.63, 3.8) is 0 Å². The summed E-state index contributed by atoms with van der Waals surface area (Å²) in [6.07, 6.45) is 1.95. The lowest BCUT2D eigenvalue weighted by atomic mass is 9.92. The van der Waals surface area contributed by atoms with Gasteiger partial charge in [0.2, 0.25) is 18.1 Å². The van der Waals surface area contributed by atoms with Gasteiger partial charge >= 0.3 is 0 Å². The number of hydrogen-bond donors (Lipinski definition) is 4. The molecule has 1 aromatic carbocycles. The van der Waals surface area contributed by atoms with Gasteiger partial charge in [0.05, 0.1) is 30.3 Å². The average molecular weight is 539 g/mol. The molecule has 208 valence electrons. The van der Waals surface area contributed by atoms with E-state index in [4.69, 9.17) is 19.4 Å². The molecule has 0 atom stereocenters. The smallest absolute Gasteiger partial charge is 0.223 e. The van der Waals surface area contributed by atoms with Gasteiger partial charge in [0.25, 0.3) is 0 Å². The molecule has 2 aromatic heterocycles. The van der Waals surface area contributed by atoms with E-state index in [1.54, 1.807) is 24.4 Å². The minimum absolute atomic E-state index is 0.0967. The first-order valence-electron chi connectivity index (χ1n) is 13.2. The molecule has 5 rings (SSSR count). The highest BCUT2D eigenvalue weighted by atomic mass is 19.1. The molecule has 3 aromatic rings. The molecule has 0 aliphatic carbocycles. The van der Waals surface area contributed by atoms with Gasteiger partial charge in [-0.2, -0.15) is 0 Å². The van der Waals surface area contributed by atoms with Crippen LogP contribution in [0.1, 0.15) is 32.4 Å². The van der Waals surface area contributed by atoms with E-state index in [0.29, 0.717) is 48.6 Å². The predicted molar refractivity (Wildman–Crippen MR) is 144 cm³/mol. The van der Waals surface area contributed by atoms with Crippen LogP contribution in [-0.2, 0) is 14.3 Å². The molecule has 2 saturated heterocycles. The predicted octanol–water partition coefficient (Wildman–Crippen LogP) is 2.53. The normalized spacial score (nSPS) is 21.7. The standard InChI is InChI=1S/C27H35FN8O3/c1-18(37)32-14-27(2)15-38-25(39-16-27)24-34-22(19-4-6-20(28)7-5-19)23(35-24)21-8-10-31-26(33-21)30-9-3-12-36-13-11-29-17-36/h4-8,10,25,29H,3,9,11-17H2,1-2H3,(H,32,37)(H,34,35)(H,30,31,33). The second kappa shape index (κ2) is 12.2. The van der Waals surface area contributed by atoms with Gasteiger partial charge in [0.1, 0.15) is 5.82 Å². The monoisotopic (exact) mass is 538 g/mol. The number of anilines is 1. The molecular weight excluding hydrogens is 503 g/mol. The third kappa shape index (κ3) is 6.95. The molecular formula is C27H35FN8O3. The number of benzene rings is 1. The minimum Gasteiger partial charge on any atom is -0.356 e. The molecule has 0 saturated carbocycles. The number of carbonyl (C=O) groups is 1. The van der Waals surface area contributed by atoms with Gasteiger partial charge < -0.3 is 30.4 Å². The van der Waals surface area contributed by atoms with Crippen LogP contribution in [0.2, 0.25) is 0 Å². The Morgan fingerprint density at radius 2 is 2.00 bits per heavy atom. The average Bonchev–Trinajstić information content (AvgIpc) is 3.62. The number of nitrogens with one attached hydrogen (secondary N) is 4. The number of rotatable bonds is 10. The van der Waals surface area contributed by atoms with Crippen LogP contribution in [0.3, 0.4) is 0 Å². The number of amides is 1. The van der Waals surface area contributed by atoms with Crippen molar-refractivity contribution in [1.82, 2.24) is 35.5 Å². The third-order valence-corrected chi connectivity index (χ3v) is 6.78. The van der Waals surface area contributed by atoms with Crippen molar-refractivity contribution in [3.8, 4) is 22.6 Å². The lowest BCUT2D eigenvalue weighted by molar-refractivity contribution is -0.232. The molecule has 2 fully saturated rings. The highest BCUT2D eigenvalue weighted by Crippen LogP contribution is 2.35. The molecule has 2 aliphatic rings. The fraction of sp³-hybridized carbons (Fsp3) is 0.481. The number of halogens is 1. The second-order valence-corrected chi connectivity index (χ2v) is 10.3. The first kappa shape index (κ1) is 27.1. The molecule has 0 radical (unpaired) electrons. The van der Waals surface area contributed by atoms with Crippen molar-refractivity contribution in [3.05, 3.63) is 48.2 Å². The number of aromatic nitrogens is 4. The number of aromatic amines is 1. The maximum atomic E-state index is 13.7. The summed E-state index contributed by atoms with van der Waals surface area (Å²) in [5.41, 5.74) is 2.28. The van der Waals surface area contributed by atoms with E-state index in [1.165, 1.54) is 19.1 Å². The number of ether oxygens (including phenoxy) is 2. The van der Waals surface area contributed by atoms with Crippen molar-refractivity contribution in [2.45, 2.75) is 26.6 Å². The zero-order chi connectivity index (χ0) is 27.2. The number of carbonyl (C=O) groups excluding carboxylic acids is 1. The summed E-state index contributed by atoms with van der Waals surface area (Å²) < 4.78 is 25.7. The van der Waals surface area contributed by atoms with Crippen molar-refractivity contribution in [2.75, 3.05) is 57.9 Å². The van der Waals surface area contributed by atoms with Crippen molar-refractivity contribution >= 4 is 11.9 Å². The number of imidazole rings is 1. The molecule has 2 aliphatic heterocycles. The third-order valence-electron chi connectivity index (χ3n) is 6.78. The largest absolute Gasteiger partial charge is 0.356 e. The van der Waals surface area contributed by atoms with Crippen LogP contribution in [0.4, 0.5) is 10.3 Å². The quantitative estimate of drug-likeness (QED) is 0.288. The number of nitrogens with zero attached hydrogens (tertiary/aromatic N) is 4. The van der Waals surface area contributed by atoms with Crippen LogP contribution >= 0.6 is 0 Å². The molecule has 4 N–H and O–H groups in total. The highest BCUT2D eigenvalue weighted by molar-refractivity contribution is 5.77. The van der Waals surface area contributed by atoms with Gasteiger partial charge in [-0.15, -0.1) is 0 Å². The summed E-state index contributed by atoms with van der Waals surface area (Å²) in [6.45, 7) is 9.49. The van der Waals surface area contributed by atoms with Gasteiger partial charge in [-0.05, 0) is 36.8 Å². The van der Waals surface area contributed by atoms with Gasteiger partial charge in [0, 0.05) is 63.5 Å². The molecule has 0 spiro atoms. The van der Waals surface area contributed by atoms with Crippen LogP contribution in [0.5, 0.6) is 0 Å². The fourth-order valence-corrected chi connectivity index (χ4v) is 4.58. The zero-order valence-corrected chi connectivity index (χ0v) is 22.3. The number of H-pyrrole nitrogens is 1. The Balaban J connectivity index is 1.33. The molecule has 0 bridgehead atoms. The van der Waals surface area contributed by atoms with E-state index in [0.717, 1.165) is 44.8 Å². The van der Waals surface area contributed by atoms with E-state index in [-0.39, 0.29) is 17.1 Å². The van der Waals surface area contributed by atoms with Gasteiger partial charge in [-0.3, -0.25) is 9.69 Å². The van der Waals surface area contributed by atoms with Crippen LogP contribution in [0, 0.1) is 11.2 Å². The molecule has 0 unspecified atom stereocenters. The SMILES string of the molecule is CC(=O)NCC1(C)COC(c2nc(-c3ccc(F)cc3)c(-c3ccnc(NCCCN4CCNC4)n3)[nH]2)OC1. The maximum absolute atomic E-state index is 13.7. The summed E-state index contributed by atoms with van der Waals surface area (Å²) in [5, 5.41) is 9.48. The zero-order valence-electron chi connectivity index (χ0n) is 22.3. The summed E-state index contributed by atoms with van der Waals surface area (Å²) in [7, 11) is 0.